The van der Waals surface area contributed by atoms with Crippen LogP contribution in [0.3, 0.4) is 0 Å². The van der Waals surface area contributed by atoms with E-state index in [1.165, 1.54) is 36.6 Å². The molecule has 158 valence electrons. The Morgan fingerprint density at radius 3 is 2.66 bits per heavy atom. The van der Waals surface area contributed by atoms with Crippen molar-refractivity contribution in [3.8, 4) is 0 Å². The molecule has 2 aromatic rings. The Morgan fingerprint density at radius 2 is 1.97 bits per heavy atom. The maximum Gasteiger partial charge on any atom is 0.435 e. The average molecular weight is 410 g/mol. The number of rotatable bonds is 4. The maximum atomic E-state index is 13.0. The molecule has 3 heterocycles. The molecule has 1 atom stereocenters. The van der Waals surface area contributed by atoms with Crippen LogP contribution in [0.5, 0.6) is 0 Å². The number of carbonyl (C=O) groups is 1. The number of amides is 1. The van der Waals surface area contributed by atoms with Crippen LogP contribution in [-0.4, -0.2) is 48.7 Å². The number of nitrogens with zero attached hydrogens (tertiary/aromatic N) is 6. The van der Waals surface area contributed by atoms with Crippen molar-refractivity contribution in [3.05, 3.63) is 29.3 Å². The molecule has 1 saturated carbocycles. The van der Waals surface area contributed by atoms with Crippen molar-refractivity contribution >= 4 is 5.91 Å². The predicted octanol–water partition coefficient (Wildman–Crippen LogP) is 3.47. The topological polar surface area (TPSA) is 68.8 Å². The monoisotopic (exact) mass is 410 g/mol. The molecule has 2 aromatic heterocycles. The number of hydrogen-bond donors (Lipinski definition) is 0. The minimum absolute atomic E-state index is 0.215. The first-order chi connectivity index (χ1) is 13.8. The summed E-state index contributed by atoms with van der Waals surface area (Å²) in [6.07, 6.45) is 3.09. The zero-order valence-electron chi connectivity index (χ0n) is 16.4. The second-order valence-electron chi connectivity index (χ2n) is 8.08. The summed E-state index contributed by atoms with van der Waals surface area (Å²) < 4.78 is 41.6. The summed E-state index contributed by atoms with van der Waals surface area (Å²) in [7, 11) is 0. The van der Waals surface area contributed by atoms with Gasteiger partial charge in [-0.25, -0.2) is 4.68 Å². The van der Waals surface area contributed by atoms with Crippen molar-refractivity contribution in [1.29, 1.82) is 0 Å². The fourth-order valence-electron chi connectivity index (χ4n) is 4.37. The largest absolute Gasteiger partial charge is 0.435 e. The van der Waals surface area contributed by atoms with E-state index in [0.29, 0.717) is 37.5 Å². The molecule has 7 nitrogen and oxygen atoms in total. The first-order valence-electron chi connectivity index (χ1n) is 10.1. The van der Waals surface area contributed by atoms with Gasteiger partial charge in [0.2, 0.25) is 0 Å². The van der Waals surface area contributed by atoms with Crippen LogP contribution in [0.25, 0.3) is 0 Å². The zero-order chi connectivity index (χ0) is 20.6. The molecule has 10 heteroatoms. The van der Waals surface area contributed by atoms with Crippen molar-refractivity contribution in [2.75, 3.05) is 13.1 Å². The van der Waals surface area contributed by atoms with Gasteiger partial charge in [-0.2, -0.15) is 18.3 Å². The second kappa shape index (κ2) is 7.79. The van der Waals surface area contributed by atoms with E-state index < -0.39 is 11.9 Å². The molecule has 2 aliphatic rings. The lowest BCUT2D eigenvalue weighted by molar-refractivity contribution is -0.141. The van der Waals surface area contributed by atoms with Crippen LogP contribution in [0.4, 0.5) is 13.2 Å². The molecule has 1 unspecified atom stereocenters. The molecule has 0 spiro atoms. The van der Waals surface area contributed by atoms with Crippen LogP contribution < -0.4 is 0 Å². The molecule has 0 N–H and O–H groups in total. The van der Waals surface area contributed by atoms with Crippen molar-refractivity contribution < 1.29 is 18.0 Å². The fraction of sp³-hybridized carbons (Fsp3) is 0.684. The first kappa shape index (κ1) is 19.9. The van der Waals surface area contributed by atoms with E-state index in [9.17, 15) is 18.0 Å². The highest BCUT2D eigenvalue weighted by atomic mass is 19.4. The van der Waals surface area contributed by atoms with Crippen LogP contribution in [0.15, 0.2) is 12.3 Å². The third kappa shape index (κ3) is 4.16. The van der Waals surface area contributed by atoms with Crippen LogP contribution >= 0.6 is 0 Å². The number of hydrogen-bond acceptors (Lipinski definition) is 4. The van der Waals surface area contributed by atoms with Gasteiger partial charge in [-0.3, -0.25) is 9.48 Å². The standard InChI is InChI=1S/C19H25F3N6O/c1-13-17(23-25-28(13)11-14-5-2-3-6-14)18(29)26-9-4-7-15(12-26)27-10-8-16(24-27)19(20,21)22/h8,10,14-15H,2-7,9,11-12H2,1H3. The number of carbonyl (C=O) groups excluding carboxylic acids is 1. The van der Waals surface area contributed by atoms with Crippen molar-refractivity contribution in [2.24, 2.45) is 5.92 Å². The highest BCUT2D eigenvalue weighted by molar-refractivity contribution is 5.93. The lowest BCUT2D eigenvalue weighted by atomic mass is 10.1. The third-order valence-electron chi connectivity index (χ3n) is 6.05. The van der Waals surface area contributed by atoms with E-state index in [1.54, 1.807) is 4.90 Å². The molecule has 29 heavy (non-hydrogen) atoms. The normalized spacial score (nSPS) is 21.1. The van der Waals surface area contributed by atoms with E-state index in [2.05, 4.69) is 15.4 Å². The predicted molar refractivity (Wildman–Crippen MR) is 98.1 cm³/mol. The average Bonchev–Trinajstić information content (AvgIpc) is 3.43. The Kier molecular flexibility index (Phi) is 5.35. The SMILES string of the molecule is Cc1c(C(=O)N2CCCC(n3ccc(C(F)(F)F)n3)C2)nnn1CC1CCCC1. The summed E-state index contributed by atoms with van der Waals surface area (Å²) >= 11 is 0. The molecular formula is C19H25F3N6O. The van der Waals surface area contributed by atoms with Crippen molar-refractivity contribution in [3.63, 3.8) is 0 Å². The van der Waals surface area contributed by atoms with Gasteiger partial charge in [-0.1, -0.05) is 18.1 Å². The molecule has 4 rings (SSSR count). The quantitative estimate of drug-likeness (QED) is 0.774. The Bertz CT molecular complexity index is 868. The smallest absolute Gasteiger partial charge is 0.335 e. The molecule has 0 aromatic carbocycles. The summed E-state index contributed by atoms with van der Waals surface area (Å²) in [5, 5.41) is 12.0. The van der Waals surface area contributed by atoms with Crippen LogP contribution in [0.1, 0.15) is 66.4 Å². The number of aromatic nitrogens is 5. The van der Waals surface area contributed by atoms with Crippen LogP contribution in [0.2, 0.25) is 0 Å². The second-order valence-corrected chi connectivity index (χ2v) is 8.08. The number of piperidine rings is 1. The van der Waals surface area contributed by atoms with Crippen molar-refractivity contribution in [2.45, 2.75) is 64.2 Å². The highest BCUT2D eigenvalue weighted by Gasteiger charge is 2.35. The minimum Gasteiger partial charge on any atom is -0.335 e. The van der Waals surface area contributed by atoms with Gasteiger partial charge in [0, 0.05) is 25.8 Å². The van der Waals surface area contributed by atoms with Gasteiger partial charge < -0.3 is 4.90 Å². The van der Waals surface area contributed by atoms with Crippen molar-refractivity contribution in [1.82, 2.24) is 29.7 Å². The molecule has 0 radical (unpaired) electrons. The lowest BCUT2D eigenvalue weighted by Gasteiger charge is -2.32. The Balaban J connectivity index is 1.45. The van der Waals surface area contributed by atoms with E-state index >= 15 is 0 Å². The summed E-state index contributed by atoms with van der Waals surface area (Å²) in [4.78, 5) is 14.7. The van der Waals surface area contributed by atoms with Gasteiger partial charge >= 0.3 is 6.18 Å². The molecule has 1 aliphatic heterocycles. The van der Waals surface area contributed by atoms with Gasteiger partial charge in [-0.05, 0) is 44.6 Å². The van der Waals surface area contributed by atoms with Crippen LogP contribution in [-0.2, 0) is 12.7 Å². The summed E-state index contributed by atoms with van der Waals surface area (Å²) in [5.74, 6) is 0.369. The lowest BCUT2D eigenvalue weighted by Crippen LogP contribution is -2.41. The van der Waals surface area contributed by atoms with Gasteiger partial charge in [-0.15, -0.1) is 5.10 Å². The Labute approximate surface area is 166 Å². The first-order valence-corrected chi connectivity index (χ1v) is 10.1. The summed E-state index contributed by atoms with van der Waals surface area (Å²) in [6.45, 7) is 3.50. The van der Waals surface area contributed by atoms with E-state index in [4.69, 9.17) is 0 Å². The van der Waals surface area contributed by atoms with Gasteiger partial charge in [0.15, 0.2) is 11.4 Å². The Morgan fingerprint density at radius 1 is 1.21 bits per heavy atom. The molecular weight excluding hydrogens is 385 g/mol. The Hall–Kier alpha value is -2.39. The fourth-order valence-corrected chi connectivity index (χ4v) is 4.37. The minimum atomic E-state index is -4.47. The van der Waals surface area contributed by atoms with E-state index in [0.717, 1.165) is 18.3 Å². The third-order valence-corrected chi connectivity index (χ3v) is 6.05. The zero-order valence-corrected chi connectivity index (χ0v) is 16.4. The number of halogens is 3. The molecule has 1 saturated heterocycles. The molecule has 0 bridgehead atoms. The maximum absolute atomic E-state index is 13.0. The number of alkyl halides is 3. The molecule has 1 amide bonds. The number of likely N-dealkylation sites (tertiary alicyclic amines) is 1. The van der Waals surface area contributed by atoms with Gasteiger partial charge in [0.25, 0.3) is 5.91 Å². The van der Waals surface area contributed by atoms with E-state index in [-0.39, 0.29) is 11.9 Å². The molecule has 1 aliphatic carbocycles. The van der Waals surface area contributed by atoms with E-state index in [1.807, 2.05) is 11.6 Å². The summed E-state index contributed by atoms with van der Waals surface area (Å²) in [5.41, 5.74) is 0.175. The van der Waals surface area contributed by atoms with Gasteiger partial charge in [0.1, 0.15) is 0 Å². The van der Waals surface area contributed by atoms with Crippen LogP contribution in [0, 0.1) is 12.8 Å². The highest BCUT2D eigenvalue weighted by Crippen LogP contribution is 2.30. The summed E-state index contributed by atoms with van der Waals surface area (Å²) in [6, 6.07) is 0.692. The molecule has 2 fully saturated rings. The van der Waals surface area contributed by atoms with Gasteiger partial charge in [0.05, 0.1) is 11.7 Å².